The second-order valence-electron chi connectivity index (χ2n) is 9.08. The van der Waals surface area contributed by atoms with Gasteiger partial charge < -0.3 is 19.1 Å². The number of amides is 1. The van der Waals surface area contributed by atoms with Crippen molar-refractivity contribution in [2.24, 2.45) is 5.92 Å². The first kappa shape index (κ1) is 25.7. The number of morpholine rings is 1. The van der Waals surface area contributed by atoms with Crippen molar-refractivity contribution in [2.45, 2.75) is 26.6 Å². The van der Waals surface area contributed by atoms with Crippen molar-refractivity contribution >= 4 is 11.8 Å². The number of halogens is 4. The molecule has 192 valence electrons. The first-order chi connectivity index (χ1) is 17.1. The molecule has 0 spiro atoms. The summed E-state index contributed by atoms with van der Waals surface area (Å²) >= 11 is 0. The monoisotopic (exact) mass is 505 g/mol. The molecule has 0 aliphatic carbocycles. The van der Waals surface area contributed by atoms with Gasteiger partial charge in [0.25, 0.3) is 5.91 Å². The summed E-state index contributed by atoms with van der Waals surface area (Å²) in [5, 5.41) is 4.24. The summed E-state index contributed by atoms with van der Waals surface area (Å²) in [6, 6.07) is 10.2. The van der Waals surface area contributed by atoms with Crippen LogP contribution < -0.4 is 4.90 Å². The quantitative estimate of drug-likeness (QED) is 0.390. The Morgan fingerprint density at radius 1 is 1.11 bits per heavy atom. The predicted molar refractivity (Wildman–Crippen MR) is 126 cm³/mol. The lowest BCUT2D eigenvalue weighted by Gasteiger charge is -2.29. The lowest BCUT2D eigenvalue weighted by atomic mass is 10.0. The largest absolute Gasteiger partial charge is 0.416 e. The summed E-state index contributed by atoms with van der Waals surface area (Å²) in [6.07, 6.45) is -4.56. The number of aromatic nitrogens is 1. The molecule has 0 bridgehead atoms. The normalized spacial score (nSPS) is 14.4. The Labute approximate surface area is 206 Å². The van der Waals surface area contributed by atoms with Crippen LogP contribution in [0, 0.1) is 11.7 Å². The van der Waals surface area contributed by atoms with E-state index in [9.17, 15) is 22.4 Å². The number of hydrogen-bond acceptors (Lipinski definition) is 5. The van der Waals surface area contributed by atoms with E-state index in [-0.39, 0.29) is 18.0 Å². The Hall–Kier alpha value is -3.40. The number of nitrogens with zero attached hydrogens (tertiary/aromatic N) is 3. The number of rotatable bonds is 7. The van der Waals surface area contributed by atoms with E-state index in [0.717, 1.165) is 12.1 Å². The molecule has 1 aliphatic heterocycles. The second kappa shape index (κ2) is 10.7. The maximum atomic E-state index is 13.6. The van der Waals surface area contributed by atoms with Crippen LogP contribution in [0.25, 0.3) is 11.3 Å². The van der Waals surface area contributed by atoms with Gasteiger partial charge in [0, 0.05) is 30.8 Å². The Kier molecular flexibility index (Phi) is 7.63. The number of benzene rings is 2. The summed E-state index contributed by atoms with van der Waals surface area (Å²) < 4.78 is 64.6. The van der Waals surface area contributed by atoms with Gasteiger partial charge in [0.1, 0.15) is 11.5 Å². The summed E-state index contributed by atoms with van der Waals surface area (Å²) in [7, 11) is 0. The fourth-order valence-corrected chi connectivity index (χ4v) is 4.15. The minimum absolute atomic E-state index is 0.0423. The minimum Gasteiger partial charge on any atom is -0.378 e. The molecule has 0 atom stereocenters. The molecule has 36 heavy (non-hydrogen) atoms. The molecule has 0 radical (unpaired) electrons. The summed E-state index contributed by atoms with van der Waals surface area (Å²) in [5.74, 6) is -0.434. The number of carbonyl (C=O) groups excluding carboxylic acids is 1. The number of carbonyl (C=O) groups is 1. The zero-order chi connectivity index (χ0) is 25.9. The van der Waals surface area contributed by atoms with E-state index in [1.54, 1.807) is 12.1 Å². The van der Waals surface area contributed by atoms with Crippen molar-refractivity contribution in [3.63, 3.8) is 0 Å². The average Bonchev–Trinajstić information content (AvgIpc) is 3.27. The van der Waals surface area contributed by atoms with Crippen molar-refractivity contribution in [1.82, 2.24) is 10.1 Å². The van der Waals surface area contributed by atoms with Gasteiger partial charge in [0.05, 0.1) is 30.9 Å². The van der Waals surface area contributed by atoms with Crippen LogP contribution >= 0.6 is 0 Å². The zero-order valence-electron chi connectivity index (χ0n) is 20.0. The third-order valence-electron chi connectivity index (χ3n) is 5.84. The molecule has 1 amide bonds. The molecule has 0 unspecified atom stereocenters. The standard InChI is InChI=1S/C26H27F4N3O3/c1-17(2)15-33(24(34)19-4-3-5-20(14-19)26(28,29)30)16-22-23(18-6-8-21(27)9-7-18)31-36-25(22)32-10-12-35-13-11-32/h3-9,14,17H,10-13,15-16H2,1-2H3. The molecule has 0 N–H and O–H groups in total. The summed E-state index contributed by atoms with van der Waals surface area (Å²) in [5.41, 5.74) is 0.708. The van der Waals surface area contributed by atoms with Crippen molar-refractivity contribution in [2.75, 3.05) is 37.7 Å². The van der Waals surface area contributed by atoms with Gasteiger partial charge in [0.15, 0.2) is 0 Å². The Bertz CT molecular complexity index is 1190. The topological polar surface area (TPSA) is 58.8 Å². The van der Waals surface area contributed by atoms with Crippen LogP contribution in [0.2, 0.25) is 0 Å². The Morgan fingerprint density at radius 3 is 2.44 bits per heavy atom. The maximum Gasteiger partial charge on any atom is 0.416 e. The highest BCUT2D eigenvalue weighted by Gasteiger charge is 2.32. The molecule has 1 aromatic heterocycles. The van der Waals surface area contributed by atoms with Gasteiger partial charge in [0.2, 0.25) is 5.88 Å². The third kappa shape index (κ3) is 5.87. The fourth-order valence-electron chi connectivity index (χ4n) is 4.15. The Morgan fingerprint density at radius 2 is 1.81 bits per heavy atom. The Balaban J connectivity index is 1.74. The lowest BCUT2D eigenvalue weighted by Crippen LogP contribution is -2.38. The first-order valence-electron chi connectivity index (χ1n) is 11.7. The molecule has 0 saturated carbocycles. The van der Waals surface area contributed by atoms with Crippen LogP contribution in [0.15, 0.2) is 53.1 Å². The van der Waals surface area contributed by atoms with Crippen molar-refractivity contribution in [3.05, 3.63) is 71.0 Å². The number of anilines is 1. The van der Waals surface area contributed by atoms with Gasteiger partial charge in [-0.15, -0.1) is 0 Å². The molecule has 6 nitrogen and oxygen atoms in total. The number of alkyl halides is 3. The molecule has 1 aliphatic rings. The van der Waals surface area contributed by atoms with Gasteiger partial charge in [-0.2, -0.15) is 13.2 Å². The van der Waals surface area contributed by atoms with Crippen LogP contribution in [-0.4, -0.2) is 48.8 Å². The number of hydrogen-bond donors (Lipinski definition) is 0. The minimum atomic E-state index is -4.56. The molecule has 4 rings (SSSR count). The molecule has 2 heterocycles. The SMILES string of the molecule is CC(C)CN(Cc1c(-c2ccc(F)cc2)noc1N1CCOCC1)C(=O)c1cccc(C(F)(F)F)c1. The van der Waals surface area contributed by atoms with Gasteiger partial charge in [-0.1, -0.05) is 25.1 Å². The fraction of sp³-hybridized carbons (Fsp3) is 0.385. The van der Waals surface area contributed by atoms with Gasteiger partial charge in [-0.25, -0.2) is 4.39 Å². The van der Waals surface area contributed by atoms with Crippen LogP contribution in [0.4, 0.5) is 23.4 Å². The van der Waals surface area contributed by atoms with Gasteiger partial charge in [-0.3, -0.25) is 4.79 Å². The highest BCUT2D eigenvalue weighted by atomic mass is 19.4. The highest BCUT2D eigenvalue weighted by molar-refractivity contribution is 5.94. The summed E-state index contributed by atoms with van der Waals surface area (Å²) in [6.45, 7) is 6.28. The van der Waals surface area contributed by atoms with Crippen molar-refractivity contribution in [3.8, 4) is 11.3 Å². The van der Waals surface area contributed by atoms with E-state index in [0.29, 0.717) is 55.6 Å². The number of ether oxygens (including phenoxy) is 1. The van der Waals surface area contributed by atoms with E-state index in [4.69, 9.17) is 9.26 Å². The summed E-state index contributed by atoms with van der Waals surface area (Å²) in [4.78, 5) is 17.0. The van der Waals surface area contributed by atoms with E-state index in [1.165, 1.54) is 29.2 Å². The highest BCUT2D eigenvalue weighted by Crippen LogP contribution is 2.34. The average molecular weight is 506 g/mol. The molecule has 2 aromatic carbocycles. The first-order valence-corrected chi connectivity index (χ1v) is 11.7. The van der Waals surface area contributed by atoms with Crippen LogP contribution in [0.5, 0.6) is 0 Å². The molecular weight excluding hydrogens is 478 g/mol. The lowest BCUT2D eigenvalue weighted by molar-refractivity contribution is -0.137. The smallest absolute Gasteiger partial charge is 0.378 e. The molecule has 1 saturated heterocycles. The third-order valence-corrected chi connectivity index (χ3v) is 5.84. The van der Waals surface area contributed by atoms with E-state index >= 15 is 0 Å². The van der Waals surface area contributed by atoms with Gasteiger partial charge in [-0.05, 0) is 48.4 Å². The second-order valence-corrected chi connectivity index (χ2v) is 9.08. The van der Waals surface area contributed by atoms with Crippen LogP contribution in [0.1, 0.15) is 35.3 Å². The van der Waals surface area contributed by atoms with Crippen LogP contribution in [-0.2, 0) is 17.5 Å². The van der Waals surface area contributed by atoms with E-state index < -0.39 is 23.5 Å². The molecule has 3 aromatic rings. The predicted octanol–water partition coefficient (Wildman–Crippen LogP) is 5.63. The molecular formula is C26H27F4N3O3. The van der Waals surface area contributed by atoms with Crippen LogP contribution in [0.3, 0.4) is 0 Å². The van der Waals surface area contributed by atoms with Crippen molar-refractivity contribution in [1.29, 1.82) is 0 Å². The van der Waals surface area contributed by atoms with E-state index in [2.05, 4.69) is 5.16 Å². The van der Waals surface area contributed by atoms with E-state index in [1.807, 2.05) is 18.7 Å². The van der Waals surface area contributed by atoms with Gasteiger partial charge >= 0.3 is 6.18 Å². The molecule has 10 heteroatoms. The molecule has 1 fully saturated rings. The van der Waals surface area contributed by atoms with Crippen molar-refractivity contribution < 1.29 is 31.6 Å². The maximum absolute atomic E-state index is 13.6. The zero-order valence-corrected chi connectivity index (χ0v) is 20.0.